The van der Waals surface area contributed by atoms with Crippen molar-refractivity contribution >= 4 is 5.97 Å². The van der Waals surface area contributed by atoms with Crippen LogP contribution in [0.5, 0.6) is 5.75 Å². The zero-order chi connectivity index (χ0) is 14.6. The molecule has 2 aromatic carbocycles. The molecule has 0 aliphatic rings. The molecular weight excluding hydrogens is 252 g/mol. The van der Waals surface area contributed by atoms with Gasteiger partial charge in [-0.25, -0.2) is 0 Å². The van der Waals surface area contributed by atoms with Crippen molar-refractivity contribution in [1.82, 2.24) is 0 Å². The molecule has 20 heavy (non-hydrogen) atoms. The Morgan fingerprint density at radius 3 is 2.30 bits per heavy atom. The van der Waals surface area contributed by atoms with E-state index in [1.54, 1.807) is 13.8 Å². The van der Waals surface area contributed by atoms with Crippen molar-refractivity contribution in [2.45, 2.75) is 13.8 Å². The molecule has 0 radical (unpaired) electrons. The summed E-state index contributed by atoms with van der Waals surface area (Å²) in [4.78, 5) is 11.1. The van der Waals surface area contributed by atoms with Gasteiger partial charge in [-0.15, -0.1) is 0 Å². The van der Waals surface area contributed by atoms with Gasteiger partial charge >= 0.3 is 5.97 Å². The minimum atomic E-state index is -0.913. The molecule has 104 valence electrons. The molecule has 0 amide bonds. The van der Waals surface area contributed by atoms with Crippen LogP contribution >= 0.6 is 0 Å². The van der Waals surface area contributed by atoms with E-state index in [0.717, 1.165) is 11.1 Å². The predicted octanol–water partition coefficient (Wildman–Crippen LogP) is 3.84. The van der Waals surface area contributed by atoms with Crippen molar-refractivity contribution in [3.63, 3.8) is 0 Å². The minimum Gasteiger partial charge on any atom is -0.492 e. The quantitative estimate of drug-likeness (QED) is 0.897. The lowest BCUT2D eigenvalue weighted by Crippen LogP contribution is -2.30. The number of carboxylic acids is 1. The molecule has 0 fully saturated rings. The van der Waals surface area contributed by atoms with Crippen LogP contribution in [0.1, 0.15) is 13.8 Å². The maximum atomic E-state index is 11.1. The highest BCUT2D eigenvalue weighted by atomic mass is 16.5. The monoisotopic (exact) mass is 270 g/mol. The van der Waals surface area contributed by atoms with Gasteiger partial charge in [0.05, 0.1) is 5.41 Å². The summed E-state index contributed by atoms with van der Waals surface area (Å²) in [6, 6.07) is 17.6. The van der Waals surface area contributed by atoms with Gasteiger partial charge in [-0.05, 0) is 25.5 Å². The zero-order valence-corrected chi connectivity index (χ0v) is 11.7. The summed E-state index contributed by atoms with van der Waals surface area (Å²) in [5.41, 5.74) is 1.11. The molecule has 3 nitrogen and oxygen atoms in total. The van der Waals surface area contributed by atoms with Gasteiger partial charge in [0, 0.05) is 5.56 Å². The van der Waals surface area contributed by atoms with Crippen molar-refractivity contribution in [1.29, 1.82) is 0 Å². The van der Waals surface area contributed by atoms with E-state index in [1.165, 1.54) is 0 Å². The summed E-state index contributed by atoms with van der Waals surface area (Å²) >= 11 is 0. The number of benzene rings is 2. The van der Waals surface area contributed by atoms with Crippen molar-refractivity contribution < 1.29 is 14.6 Å². The van der Waals surface area contributed by atoms with Crippen LogP contribution in [0.4, 0.5) is 0 Å². The Kier molecular flexibility index (Phi) is 4.08. The fraction of sp³-hybridized carbons (Fsp3) is 0.235. The van der Waals surface area contributed by atoms with Crippen molar-refractivity contribution in [3.8, 4) is 16.9 Å². The molecule has 0 unspecified atom stereocenters. The molecule has 2 rings (SSSR count). The zero-order valence-electron chi connectivity index (χ0n) is 11.7. The Morgan fingerprint density at radius 2 is 1.65 bits per heavy atom. The van der Waals surface area contributed by atoms with E-state index in [0.29, 0.717) is 5.75 Å². The Bertz CT molecular complexity index is 588. The van der Waals surface area contributed by atoms with Gasteiger partial charge in [0.1, 0.15) is 12.4 Å². The number of hydrogen-bond donors (Lipinski definition) is 1. The number of rotatable bonds is 5. The first kappa shape index (κ1) is 14.1. The average Bonchev–Trinajstić information content (AvgIpc) is 2.46. The average molecular weight is 270 g/mol. The SMILES string of the molecule is CC(C)(COc1ccccc1-c1ccccc1)C(=O)O. The lowest BCUT2D eigenvalue weighted by molar-refractivity contribution is -0.148. The third-order valence-corrected chi connectivity index (χ3v) is 3.14. The molecule has 0 bridgehead atoms. The van der Waals surface area contributed by atoms with E-state index in [4.69, 9.17) is 9.84 Å². The number of carbonyl (C=O) groups is 1. The molecule has 0 aliphatic carbocycles. The van der Waals surface area contributed by atoms with Crippen LogP contribution < -0.4 is 4.74 Å². The highest BCUT2D eigenvalue weighted by Crippen LogP contribution is 2.30. The number of carboxylic acid groups (broad SMARTS) is 1. The second-order valence-electron chi connectivity index (χ2n) is 5.34. The summed E-state index contributed by atoms with van der Waals surface area (Å²) in [5.74, 6) is -0.164. The summed E-state index contributed by atoms with van der Waals surface area (Å²) < 4.78 is 5.74. The van der Waals surface area contributed by atoms with E-state index in [-0.39, 0.29) is 6.61 Å². The van der Waals surface area contributed by atoms with Gasteiger partial charge in [0.15, 0.2) is 0 Å². The molecule has 0 spiro atoms. The highest BCUT2D eigenvalue weighted by molar-refractivity contribution is 5.74. The molecule has 0 aliphatic heterocycles. The predicted molar refractivity (Wildman–Crippen MR) is 78.8 cm³/mol. The van der Waals surface area contributed by atoms with Gasteiger partial charge in [-0.2, -0.15) is 0 Å². The summed E-state index contributed by atoms with van der Waals surface area (Å²) in [5, 5.41) is 9.13. The number of para-hydroxylation sites is 1. The van der Waals surface area contributed by atoms with E-state index in [1.807, 2.05) is 54.6 Å². The van der Waals surface area contributed by atoms with Gasteiger partial charge in [-0.1, -0.05) is 48.5 Å². The number of hydrogen-bond acceptors (Lipinski definition) is 2. The molecule has 0 heterocycles. The molecule has 0 saturated carbocycles. The minimum absolute atomic E-state index is 0.131. The van der Waals surface area contributed by atoms with Gasteiger partial charge < -0.3 is 9.84 Å². The van der Waals surface area contributed by atoms with Crippen LogP contribution in [0.15, 0.2) is 54.6 Å². The van der Waals surface area contributed by atoms with E-state index < -0.39 is 11.4 Å². The third-order valence-electron chi connectivity index (χ3n) is 3.14. The van der Waals surface area contributed by atoms with Crippen LogP contribution in [0.3, 0.4) is 0 Å². The van der Waals surface area contributed by atoms with Crippen LogP contribution in [0, 0.1) is 5.41 Å². The molecule has 0 aromatic heterocycles. The topological polar surface area (TPSA) is 46.5 Å². The Balaban J connectivity index is 2.24. The Hall–Kier alpha value is -2.29. The van der Waals surface area contributed by atoms with Gasteiger partial charge in [0.2, 0.25) is 0 Å². The van der Waals surface area contributed by atoms with Crippen LogP contribution in [-0.2, 0) is 4.79 Å². The largest absolute Gasteiger partial charge is 0.492 e. The van der Waals surface area contributed by atoms with Gasteiger partial charge in [0.25, 0.3) is 0 Å². The summed E-state index contributed by atoms with van der Waals surface area (Å²) in [6.45, 7) is 3.44. The molecular formula is C17H18O3. The second kappa shape index (κ2) is 5.78. The number of ether oxygens (including phenoxy) is 1. The summed E-state index contributed by atoms with van der Waals surface area (Å²) in [7, 11) is 0. The van der Waals surface area contributed by atoms with Crippen molar-refractivity contribution in [3.05, 3.63) is 54.6 Å². The first-order valence-electron chi connectivity index (χ1n) is 6.51. The Morgan fingerprint density at radius 1 is 1.05 bits per heavy atom. The Labute approximate surface area is 118 Å². The van der Waals surface area contributed by atoms with E-state index in [9.17, 15) is 4.79 Å². The molecule has 2 aromatic rings. The fourth-order valence-electron chi connectivity index (χ4n) is 1.77. The highest BCUT2D eigenvalue weighted by Gasteiger charge is 2.28. The standard InChI is InChI=1S/C17H18O3/c1-17(2,16(18)19)12-20-15-11-7-6-10-14(15)13-8-4-3-5-9-13/h3-11H,12H2,1-2H3,(H,18,19). The first-order valence-corrected chi connectivity index (χ1v) is 6.51. The van der Waals surface area contributed by atoms with E-state index >= 15 is 0 Å². The van der Waals surface area contributed by atoms with Crippen molar-refractivity contribution in [2.75, 3.05) is 6.61 Å². The third kappa shape index (κ3) is 3.18. The van der Waals surface area contributed by atoms with Gasteiger partial charge in [-0.3, -0.25) is 4.79 Å². The smallest absolute Gasteiger partial charge is 0.312 e. The lowest BCUT2D eigenvalue weighted by Gasteiger charge is -2.20. The second-order valence-corrected chi connectivity index (χ2v) is 5.34. The van der Waals surface area contributed by atoms with Crippen LogP contribution in [0.2, 0.25) is 0 Å². The van der Waals surface area contributed by atoms with Crippen LogP contribution in [0.25, 0.3) is 11.1 Å². The van der Waals surface area contributed by atoms with Crippen LogP contribution in [-0.4, -0.2) is 17.7 Å². The summed E-state index contributed by atoms with van der Waals surface area (Å²) in [6.07, 6.45) is 0. The lowest BCUT2D eigenvalue weighted by atomic mass is 9.95. The van der Waals surface area contributed by atoms with Crippen molar-refractivity contribution in [2.24, 2.45) is 5.41 Å². The fourth-order valence-corrected chi connectivity index (χ4v) is 1.77. The number of aliphatic carboxylic acids is 1. The first-order chi connectivity index (χ1) is 9.50. The molecule has 3 heteroatoms. The maximum absolute atomic E-state index is 11.1. The molecule has 1 N–H and O–H groups in total. The normalized spacial score (nSPS) is 11.1. The molecule has 0 saturated heterocycles. The molecule has 0 atom stereocenters. The maximum Gasteiger partial charge on any atom is 0.312 e. The van der Waals surface area contributed by atoms with E-state index in [2.05, 4.69) is 0 Å².